The predicted octanol–water partition coefficient (Wildman–Crippen LogP) is 1.44. The third-order valence-corrected chi connectivity index (χ3v) is 11.1. The van der Waals surface area contributed by atoms with Gasteiger partial charge < -0.3 is 20.4 Å². The van der Waals surface area contributed by atoms with Gasteiger partial charge in [-0.15, -0.1) is 0 Å². The molecule has 2 atom stereocenters. The van der Waals surface area contributed by atoms with Crippen LogP contribution in [0.15, 0.2) is 98.2 Å². The van der Waals surface area contributed by atoms with E-state index in [1.807, 2.05) is 9.80 Å². The molecule has 2 N–H and O–H groups in total. The van der Waals surface area contributed by atoms with Gasteiger partial charge in [0, 0.05) is 70.7 Å². The zero-order chi connectivity index (χ0) is 42.5. The Hall–Kier alpha value is -7.53. The van der Waals surface area contributed by atoms with Crippen molar-refractivity contribution in [2.75, 3.05) is 36.0 Å². The van der Waals surface area contributed by atoms with Gasteiger partial charge in [0.05, 0.1) is 41.9 Å². The van der Waals surface area contributed by atoms with Crippen LogP contribution in [0.2, 0.25) is 0 Å². The summed E-state index contributed by atoms with van der Waals surface area (Å²) in [6, 6.07) is 23.4. The molecule has 0 bridgehead atoms. The molecule has 3 aromatic heterocycles. The standard InChI is InChI=1S/C43H43N11O6/c1-49-38(55)19-36(53(42(49)59)24-31-11-5-3-9-28(31)21-44)51-17-7-13-33(26-51)47-40(57)30-15-16-35(46-23-30)41(58)48-34-14-8-18-52(27-34)37-20-39(56)50(2)43(60)54(37)25-32-12-6-4-10-29(32)22-45/h3-6,9-12,15-16,19-20,23,33-34H,7-8,13-14,17-18,24-27H2,1-2H3,(H,47,57)(H,48,58)/t33-,34-/m1/s1. The number of carbonyl (C=O) groups excluding carboxylic acids is 2. The molecule has 0 aliphatic carbocycles. The van der Waals surface area contributed by atoms with E-state index in [-0.39, 0.29) is 36.4 Å². The smallest absolute Gasteiger partial charge is 0.332 e. The van der Waals surface area contributed by atoms with Crippen LogP contribution in [0.25, 0.3) is 0 Å². The van der Waals surface area contributed by atoms with E-state index < -0.39 is 34.3 Å². The number of amides is 2. The molecular formula is C43H43N11O6. The Bertz CT molecular complexity index is 2600. The molecule has 2 aliphatic heterocycles. The van der Waals surface area contributed by atoms with Crippen molar-refractivity contribution in [3.63, 3.8) is 0 Å². The number of hydrogen-bond donors (Lipinski definition) is 2. The van der Waals surface area contributed by atoms with Crippen LogP contribution in [0.4, 0.5) is 11.6 Å². The van der Waals surface area contributed by atoms with E-state index in [4.69, 9.17) is 0 Å². The van der Waals surface area contributed by atoms with Crippen molar-refractivity contribution in [3.05, 3.63) is 154 Å². The molecule has 5 heterocycles. The van der Waals surface area contributed by atoms with E-state index in [0.29, 0.717) is 85.8 Å². The third-order valence-electron chi connectivity index (χ3n) is 11.1. The summed E-state index contributed by atoms with van der Waals surface area (Å²) < 4.78 is 4.99. The third kappa shape index (κ3) is 8.51. The minimum atomic E-state index is -0.519. The Morgan fingerprint density at radius 1 is 0.683 bits per heavy atom. The number of nitrogens with one attached hydrogen (secondary N) is 2. The van der Waals surface area contributed by atoms with E-state index in [1.165, 1.54) is 53.7 Å². The zero-order valence-electron chi connectivity index (χ0n) is 33.2. The highest BCUT2D eigenvalue weighted by Gasteiger charge is 2.28. The van der Waals surface area contributed by atoms with Gasteiger partial charge in [-0.05, 0) is 61.1 Å². The Kier molecular flexibility index (Phi) is 11.9. The van der Waals surface area contributed by atoms with Crippen molar-refractivity contribution in [2.45, 2.75) is 50.9 Å². The van der Waals surface area contributed by atoms with Gasteiger partial charge in [-0.25, -0.2) is 9.59 Å². The average molecular weight is 810 g/mol. The van der Waals surface area contributed by atoms with Gasteiger partial charge in [0.1, 0.15) is 17.3 Å². The summed E-state index contributed by atoms with van der Waals surface area (Å²) in [6.07, 6.45) is 3.98. The first-order chi connectivity index (χ1) is 28.9. The lowest BCUT2D eigenvalue weighted by atomic mass is 10.0. The number of nitrogens with zero attached hydrogens (tertiary/aromatic N) is 9. The van der Waals surface area contributed by atoms with E-state index in [1.54, 1.807) is 48.5 Å². The van der Waals surface area contributed by atoms with Crippen molar-refractivity contribution >= 4 is 23.5 Å². The van der Waals surface area contributed by atoms with Gasteiger partial charge in [0.2, 0.25) is 0 Å². The molecule has 0 spiro atoms. The Morgan fingerprint density at radius 3 is 1.60 bits per heavy atom. The van der Waals surface area contributed by atoms with Crippen LogP contribution >= 0.6 is 0 Å². The van der Waals surface area contributed by atoms with Crippen LogP contribution in [0.5, 0.6) is 0 Å². The topological polar surface area (TPSA) is 213 Å². The lowest BCUT2D eigenvalue weighted by molar-refractivity contribution is 0.0916. The molecule has 2 amide bonds. The summed E-state index contributed by atoms with van der Waals surface area (Å²) in [5, 5.41) is 25.3. The van der Waals surface area contributed by atoms with Crippen molar-refractivity contribution in [3.8, 4) is 12.1 Å². The summed E-state index contributed by atoms with van der Waals surface area (Å²) in [5.41, 5.74) is 0.494. The van der Waals surface area contributed by atoms with Gasteiger partial charge in [-0.3, -0.25) is 42.4 Å². The first-order valence-corrected chi connectivity index (χ1v) is 19.6. The Morgan fingerprint density at radius 2 is 1.15 bits per heavy atom. The molecule has 306 valence electrons. The van der Waals surface area contributed by atoms with Gasteiger partial charge in [0.15, 0.2) is 0 Å². The van der Waals surface area contributed by atoms with Crippen LogP contribution in [0.3, 0.4) is 0 Å². The fourth-order valence-corrected chi connectivity index (χ4v) is 7.81. The SMILES string of the molecule is Cn1c(=O)cc(N2CCC[C@@H](NC(=O)c3ccc(C(=O)N[C@@H]4CCCN(c5cc(=O)n(C)c(=O)n5Cc5ccccc5C#N)C4)nc3)C2)n(Cc2ccccc2C#N)c1=O. The summed E-state index contributed by atoms with van der Waals surface area (Å²) in [4.78, 5) is 87.2. The number of aromatic nitrogens is 5. The van der Waals surface area contributed by atoms with E-state index in [2.05, 4.69) is 27.8 Å². The molecule has 17 heteroatoms. The molecule has 17 nitrogen and oxygen atoms in total. The number of pyridine rings is 1. The highest BCUT2D eigenvalue weighted by molar-refractivity contribution is 5.96. The number of piperidine rings is 2. The molecule has 2 aliphatic rings. The van der Waals surface area contributed by atoms with Crippen molar-refractivity contribution in [2.24, 2.45) is 14.1 Å². The van der Waals surface area contributed by atoms with E-state index >= 15 is 0 Å². The number of hydrogen-bond acceptors (Lipinski definition) is 11. The molecule has 0 saturated carbocycles. The fourth-order valence-electron chi connectivity index (χ4n) is 7.81. The number of anilines is 2. The maximum absolute atomic E-state index is 13.4. The molecule has 0 radical (unpaired) electrons. The number of rotatable bonds is 10. The minimum Gasteiger partial charge on any atom is -0.356 e. The zero-order valence-corrected chi connectivity index (χ0v) is 33.2. The molecule has 2 aromatic carbocycles. The highest BCUT2D eigenvalue weighted by Crippen LogP contribution is 2.22. The van der Waals surface area contributed by atoms with Gasteiger partial charge >= 0.3 is 11.4 Å². The Balaban J connectivity index is 1.00. The number of nitriles is 2. The van der Waals surface area contributed by atoms with Crippen LogP contribution in [-0.4, -0.2) is 73.3 Å². The lowest BCUT2D eigenvalue weighted by Gasteiger charge is -2.36. The van der Waals surface area contributed by atoms with Crippen molar-refractivity contribution in [1.29, 1.82) is 10.5 Å². The second-order valence-electron chi connectivity index (χ2n) is 15.0. The molecular weight excluding hydrogens is 767 g/mol. The normalized spacial score (nSPS) is 16.4. The summed E-state index contributed by atoms with van der Waals surface area (Å²) in [6.45, 7) is 1.89. The number of benzene rings is 2. The Labute approximate surface area is 344 Å². The first-order valence-electron chi connectivity index (χ1n) is 19.6. The van der Waals surface area contributed by atoms with Gasteiger partial charge in [0.25, 0.3) is 22.9 Å². The lowest BCUT2D eigenvalue weighted by Crippen LogP contribution is -2.50. The largest absolute Gasteiger partial charge is 0.356 e. The predicted molar refractivity (Wildman–Crippen MR) is 222 cm³/mol. The maximum Gasteiger partial charge on any atom is 0.332 e. The monoisotopic (exact) mass is 809 g/mol. The number of carbonyl (C=O) groups is 2. The van der Waals surface area contributed by atoms with Crippen LogP contribution in [0, 0.1) is 22.7 Å². The molecule has 5 aromatic rings. The van der Waals surface area contributed by atoms with Gasteiger partial charge in [-0.2, -0.15) is 10.5 Å². The second kappa shape index (κ2) is 17.5. The average Bonchev–Trinajstić information content (AvgIpc) is 3.27. The highest BCUT2D eigenvalue weighted by atomic mass is 16.2. The summed E-state index contributed by atoms with van der Waals surface area (Å²) >= 11 is 0. The quantitative estimate of drug-likeness (QED) is 0.206. The maximum atomic E-state index is 13.4. The van der Waals surface area contributed by atoms with Crippen molar-refractivity contribution < 1.29 is 9.59 Å². The molecule has 60 heavy (non-hydrogen) atoms. The van der Waals surface area contributed by atoms with Gasteiger partial charge in [-0.1, -0.05) is 36.4 Å². The fraction of sp³-hybridized carbons (Fsp3) is 0.326. The van der Waals surface area contributed by atoms with E-state index in [0.717, 1.165) is 9.13 Å². The molecule has 2 saturated heterocycles. The molecule has 7 rings (SSSR count). The minimum absolute atomic E-state index is 0.0819. The van der Waals surface area contributed by atoms with Crippen LogP contribution in [0.1, 0.15) is 68.8 Å². The van der Waals surface area contributed by atoms with Crippen LogP contribution in [-0.2, 0) is 27.2 Å². The van der Waals surface area contributed by atoms with E-state index in [9.17, 15) is 39.3 Å². The summed E-state index contributed by atoms with van der Waals surface area (Å²) in [7, 11) is 2.81. The van der Waals surface area contributed by atoms with Crippen LogP contribution < -0.4 is 42.9 Å². The molecule has 2 fully saturated rings. The first kappa shape index (κ1) is 40.7. The second-order valence-corrected chi connectivity index (χ2v) is 15.0. The summed E-state index contributed by atoms with van der Waals surface area (Å²) in [5.74, 6) is -0.0470. The molecule has 0 unspecified atom stereocenters. The van der Waals surface area contributed by atoms with Crippen molar-refractivity contribution in [1.82, 2.24) is 33.9 Å².